The van der Waals surface area contributed by atoms with Crippen LogP contribution in [0.15, 0.2) is 70.1 Å². The molecule has 4 aromatic rings. The highest BCUT2D eigenvalue weighted by Crippen LogP contribution is 2.26. The summed E-state index contributed by atoms with van der Waals surface area (Å²) < 4.78 is 15.8. The third kappa shape index (κ3) is 2.55. The van der Waals surface area contributed by atoms with Gasteiger partial charge in [0.25, 0.3) is 5.56 Å². The predicted molar refractivity (Wildman–Crippen MR) is 94.3 cm³/mol. The highest BCUT2D eigenvalue weighted by Gasteiger charge is 2.12. The molecule has 118 valence electrons. The van der Waals surface area contributed by atoms with E-state index in [4.69, 9.17) is 0 Å². The van der Waals surface area contributed by atoms with Crippen LogP contribution in [0.2, 0.25) is 0 Å². The van der Waals surface area contributed by atoms with Crippen molar-refractivity contribution in [2.24, 2.45) is 0 Å². The van der Waals surface area contributed by atoms with Crippen molar-refractivity contribution in [2.75, 3.05) is 0 Å². The highest BCUT2D eigenvalue weighted by atomic mass is 79.9. The van der Waals surface area contributed by atoms with Crippen LogP contribution in [-0.4, -0.2) is 14.6 Å². The summed E-state index contributed by atoms with van der Waals surface area (Å²) in [6, 6.07) is 15.2. The molecular weight excluding hydrogens is 373 g/mol. The molecule has 0 aliphatic heterocycles. The molecule has 4 rings (SSSR count). The molecule has 0 spiro atoms. The summed E-state index contributed by atoms with van der Waals surface area (Å²) >= 11 is 3.44. The Morgan fingerprint density at radius 3 is 2.62 bits per heavy atom. The zero-order valence-corrected chi connectivity index (χ0v) is 13.9. The number of aromatic amines is 1. The fraction of sp³-hybridized carbons (Fsp3) is 0. The summed E-state index contributed by atoms with van der Waals surface area (Å²) in [7, 11) is 0. The fourth-order valence-electron chi connectivity index (χ4n) is 2.65. The quantitative estimate of drug-likeness (QED) is 0.562. The lowest BCUT2D eigenvalue weighted by atomic mass is 10.1. The summed E-state index contributed by atoms with van der Waals surface area (Å²) in [6.07, 6.45) is 1.74. The van der Waals surface area contributed by atoms with Gasteiger partial charge in [0.15, 0.2) is 5.65 Å². The maximum Gasteiger partial charge on any atom is 0.273 e. The Morgan fingerprint density at radius 1 is 1.04 bits per heavy atom. The van der Waals surface area contributed by atoms with Gasteiger partial charge in [-0.1, -0.05) is 40.2 Å². The van der Waals surface area contributed by atoms with Gasteiger partial charge in [0.2, 0.25) is 0 Å². The third-order valence-electron chi connectivity index (χ3n) is 3.75. The summed E-state index contributed by atoms with van der Waals surface area (Å²) in [5.74, 6) is -0.365. The Labute approximate surface area is 144 Å². The minimum atomic E-state index is -0.365. The van der Waals surface area contributed by atoms with E-state index in [0.717, 1.165) is 15.6 Å². The van der Waals surface area contributed by atoms with Gasteiger partial charge in [-0.05, 0) is 29.8 Å². The zero-order valence-electron chi connectivity index (χ0n) is 12.3. The van der Waals surface area contributed by atoms with Crippen LogP contribution >= 0.6 is 15.9 Å². The average Bonchev–Trinajstić information content (AvgIpc) is 2.99. The van der Waals surface area contributed by atoms with Crippen molar-refractivity contribution in [3.8, 4) is 22.4 Å². The molecule has 2 aromatic heterocycles. The Bertz CT molecular complexity index is 1120. The fourth-order valence-corrected chi connectivity index (χ4v) is 3.04. The Balaban J connectivity index is 1.97. The molecule has 1 N–H and O–H groups in total. The lowest BCUT2D eigenvalue weighted by Gasteiger charge is -2.04. The smallest absolute Gasteiger partial charge is 0.273 e. The molecule has 24 heavy (non-hydrogen) atoms. The van der Waals surface area contributed by atoms with Crippen LogP contribution < -0.4 is 5.56 Å². The van der Waals surface area contributed by atoms with Gasteiger partial charge in [-0.3, -0.25) is 9.89 Å². The molecule has 0 unspecified atom stereocenters. The Morgan fingerprint density at radius 2 is 1.83 bits per heavy atom. The molecule has 0 amide bonds. The van der Waals surface area contributed by atoms with Crippen LogP contribution in [0, 0.1) is 5.82 Å². The van der Waals surface area contributed by atoms with Crippen LogP contribution in [0.25, 0.3) is 28.0 Å². The minimum Gasteiger partial charge on any atom is -0.296 e. The molecule has 0 saturated carbocycles. The molecule has 0 atom stereocenters. The van der Waals surface area contributed by atoms with E-state index >= 15 is 0 Å². The monoisotopic (exact) mass is 383 g/mol. The van der Waals surface area contributed by atoms with Crippen LogP contribution in [-0.2, 0) is 0 Å². The zero-order chi connectivity index (χ0) is 16.7. The van der Waals surface area contributed by atoms with E-state index in [1.54, 1.807) is 18.3 Å². The molecule has 2 heterocycles. The second kappa shape index (κ2) is 5.72. The molecule has 0 bridgehead atoms. The number of aromatic nitrogens is 3. The van der Waals surface area contributed by atoms with Gasteiger partial charge in [0.1, 0.15) is 5.82 Å². The first-order chi connectivity index (χ1) is 11.6. The van der Waals surface area contributed by atoms with E-state index in [1.165, 1.54) is 22.7 Å². The maximum atomic E-state index is 13.5. The third-order valence-corrected chi connectivity index (χ3v) is 4.25. The number of rotatable bonds is 2. The van der Waals surface area contributed by atoms with E-state index in [1.807, 2.05) is 24.3 Å². The SMILES string of the molecule is O=c1cc(-c2cccc(F)c2)nc2c(-c3cccc(Br)c3)c[nH]n12. The summed E-state index contributed by atoms with van der Waals surface area (Å²) in [6.45, 7) is 0. The molecule has 0 radical (unpaired) electrons. The molecular formula is C18H11BrFN3O. The molecule has 4 nitrogen and oxygen atoms in total. The van der Waals surface area contributed by atoms with Gasteiger partial charge in [-0.2, -0.15) is 0 Å². The van der Waals surface area contributed by atoms with Gasteiger partial charge in [-0.15, -0.1) is 0 Å². The van der Waals surface area contributed by atoms with Gasteiger partial charge < -0.3 is 0 Å². The number of hydrogen-bond acceptors (Lipinski definition) is 2. The lowest BCUT2D eigenvalue weighted by molar-refractivity contribution is 0.628. The summed E-state index contributed by atoms with van der Waals surface area (Å²) in [5, 5.41) is 2.92. The standard InChI is InChI=1S/C18H11BrFN3O/c19-13-5-1-3-11(7-13)15-10-21-23-17(24)9-16(22-18(15)23)12-4-2-6-14(20)8-12/h1-10,21H. The van der Waals surface area contributed by atoms with Crippen molar-refractivity contribution in [2.45, 2.75) is 0 Å². The first-order valence-corrected chi connectivity index (χ1v) is 8.04. The molecule has 0 aliphatic carbocycles. The van der Waals surface area contributed by atoms with E-state index < -0.39 is 0 Å². The highest BCUT2D eigenvalue weighted by molar-refractivity contribution is 9.10. The second-order valence-electron chi connectivity index (χ2n) is 5.35. The van der Waals surface area contributed by atoms with Crippen molar-refractivity contribution < 1.29 is 4.39 Å². The van der Waals surface area contributed by atoms with E-state index in [-0.39, 0.29) is 11.4 Å². The van der Waals surface area contributed by atoms with Gasteiger partial charge in [0.05, 0.1) is 5.69 Å². The summed E-state index contributed by atoms with van der Waals surface area (Å²) in [4.78, 5) is 16.9. The van der Waals surface area contributed by atoms with Gasteiger partial charge in [0, 0.05) is 27.9 Å². The van der Waals surface area contributed by atoms with Crippen LogP contribution in [0.5, 0.6) is 0 Å². The van der Waals surface area contributed by atoms with Gasteiger partial charge >= 0.3 is 0 Å². The Hall–Kier alpha value is -2.73. The number of H-pyrrole nitrogens is 1. The molecule has 6 heteroatoms. The first-order valence-electron chi connectivity index (χ1n) is 7.25. The normalized spacial score (nSPS) is 11.1. The van der Waals surface area contributed by atoms with Crippen LogP contribution in [0.4, 0.5) is 4.39 Å². The van der Waals surface area contributed by atoms with E-state index in [0.29, 0.717) is 16.9 Å². The number of fused-ring (bicyclic) bond motifs is 1. The summed E-state index contributed by atoms with van der Waals surface area (Å²) in [5.41, 5.74) is 2.98. The minimum absolute atomic E-state index is 0.250. The number of benzene rings is 2. The van der Waals surface area contributed by atoms with Crippen LogP contribution in [0.1, 0.15) is 0 Å². The number of hydrogen-bond donors (Lipinski definition) is 1. The molecule has 0 fully saturated rings. The van der Waals surface area contributed by atoms with Gasteiger partial charge in [-0.25, -0.2) is 13.9 Å². The van der Waals surface area contributed by atoms with Crippen molar-refractivity contribution in [1.82, 2.24) is 14.6 Å². The predicted octanol–water partition coefficient (Wildman–Crippen LogP) is 4.26. The van der Waals surface area contributed by atoms with Crippen LogP contribution in [0.3, 0.4) is 0 Å². The number of halogens is 2. The first kappa shape index (κ1) is 14.8. The van der Waals surface area contributed by atoms with E-state index in [9.17, 15) is 9.18 Å². The number of nitrogens with one attached hydrogen (secondary N) is 1. The number of nitrogens with zero attached hydrogens (tertiary/aromatic N) is 2. The van der Waals surface area contributed by atoms with Crippen molar-refractivity contribution in [1.29, 1.82) is 0 Å². The molecule has 2 aromatic carbocycles. The topological polar surface area (TPSA) is 50.2 Å². The maximum absolute atomic E-state index is 13.5. The molecule has 0 saturated heterocycles. The van der Waals surface area contributed by atoms with E-state index in [2.05, 4.69) is 26.0 Å². The van der Waals surface area contributed by atoms with Crippen molar-refractivity contribution >= 4 is 21.6 Å². The Kier molecular flexibility index (Phi) is 3.54. The average molecular weight is 384 g/mol. The van der Waals surface area contributed by atoms with Crippen molar-refractivity contribution in [3.05, 3.63) is 81.4 Å². The second-order valence-corrected chi connectivity index (χ2v) is 6.26. The lowest BCUT2D eigenvalue weighted by Crippen LogP contribution is -2.14. The van der Waals surface area contributed by atoms with Crippen molar-refractivity contribution in [3.63, 3.8) is 0 Å². The largest absolute Gasteiger partial charge is 0.296 e. The molecule has 0 aliphatic rings.